The Hall–Kier alpha value is -3.86. The second kappa shape index (κ2) is 9.96. The molecule has 0 bridgehead atoms. The fraction of sp³-hybridized carbons (Fsp3) is 0.241. The molecule has 0 radical (unpaired) electrons. The normalized spacial score (nSPS) is 11.3. The van der Waals surface area contributed by atoms with Crippen molar-refractivity contribution in [2.75, 3.05) is 0 Å². The maximum atomic E-state index is 12.7. The summed E-state index contributed by atoms with van der Waals surface area (Å²) in [6, 6.07) is 27.7. The molecule has 0 aliphatic heterocycles. The van der Waals surface area contributed by atoms with Crippen molar-refractivity contribution in [2.24, 2.45) is 0 Å². The van der Waals surface area contributed by atoms with Crippen LogP contribution in [0, 0.1) is 6.92 Å². The maximum absolute atomic E-state index is 12.7. The number of aromatic nitrogens is 2. The first-order valence-electron chi connectivity index (χ1n) is 11.4. The van der Waals surface area contributed by atoms with Gasteiger partial charge in [-0.1, -0.05) is 66.7 Å². The topological polar surface area (TPSA) is 53.4 Å². The highest BCUT2D eigenvalue weighted by molar-refractivity contribution is 5.77. The molecule has 1 aromatic heterocycles. The minimum atomic E-state index is -0.540. The Morgan fingerprint density at radius 3 is 2.18 bits per heavy atom. The quantitative estimate of drug-likeness (QED) is 0.296. The SMILES string of the molecule is Cc1nn(Cc2ccccc2Oc2ccccc2)c(-c2ccccc2)c1CC(=O)OC(C)(C)C. The van der Waals surface area contributed by atoms with E-state index in [0.29, 0.717) is 6.54 Å². The van der Waals surface area contributed by atoms with Gasteiger partial charge in [0.1, 0.15) is 17.1 Å². The van der Waals surface area contributed by atoms with Crippen molar-refractivity contribution >= 4 is 5.97 Å². The van der Waals surface area contributed by atoms with Gasteiger partial charge in [-0.3, -0.25) is 9.48 Å². The summed E-state index contributed by atoms with van der Waals surface area (Å²) < 4.78 is 13.7. The first-order chi connectivity index (χ1) is 16.3. The average molecular weight is 455 g/mol. The number of hydrogen-bond acceptors (Lipinski definition) is 4. The number of para-hydroxylation sites is 2. The standard InChI is InChI=1S/C29H30N2O3/c1-21-25(19-27(32)34-29(2,3)4)28(22-13-7-5-8-14-22)31(30-21)20-23-15-11-12-18-26(23)33-24-16-9-6-10-17-24/h5-18H,19-20H2,1-4H3. The highest BCUT2D eigenvalue weighted by Crippen LogP contribution is 2.31. The van der Waals surface area contributed by atoms with E-state index in [1.165, 1.54) is 0 Å². The molecule has 0 aliphatic rings. The van der Waals surface area contributed by atoms with Gasteiger partial charge in [-0.25, -0.2) is 0 Å². The minimum Gasteiger partial charge on any atom is -0.460 e. The highest BCUT2D eigenvalue weighted by Gasteiger charge is 2.23. The molecule has 0 unspecified atom stereocenters. The monoisotopic (exact) mass is 454 g/mol. The second-order valence-electron chi connectivity index (χ2n) is 9.22. The van der Waals surface area contributed by atoms with Gasteiger partial charge < -0.3 is 9.47 Å². The molecular formula is C29H30N2O3. The average Bonchev–Trinajstić information content (AvgIpc) is 3.09. The smallest absolute Gasteiger partial charge is 0.310 e. The summed E-state index contributed by atoms with van der Waals surface area (Å²) in [6.07, 6.45) is 0.162. The number of esters is 1. The van der Waals surface area contributed by atoms with E-state index in [9.17, 15) is 4.79 Å². The summed E-state index contributed by atoms with van der Waals surface area (Å²) in [5.41, 5.74) is 4.06. The number of carbonyl (C=O) groups is 1. The Balaban J connectivity index is 1.71. The number of nitrogens with zero attached hydrogens (tertiary/aromatic N) is 2. The molecule has 0 fully saturated rings. The van der Waals surface area contributed by atoms with E-state index in [1.807, 2.05) is 117 Å². The van der Waals surface area contributed by atoms with Crippen molar-refractivity contribution in [3.05, 3.63) is 102 Å². The molecule has 0 saturated heterocycles. The molecule has 0 saturated carbocycles. The molecule has 0 amide bonds. The summed E-state index contributed by atoms with van der Waals surface area (Å²) >= 11 is 0. The van der Waals surface area contributed by atoms with Gasteiger partial charge in [0, 0.05) is 16.7 Å². The number of hydrogen-bond donors (Lipinski definition) is 0. The van der Waals surface area contributed by atoms with E-state index >= 15 is 0 Å². The number of ether oxygens (including phenoxy) is 2. The first-order valence-corrected chi connectivity index (χ1v) is 11.4. The fourth-order valence-electron chi connectivity index (χ4n) is 3.90. The van der Waals surface area contributed by atoms with E-state index in [0.717, 1.165) is 39.6 Å². The van der Waals surface area contributed by atoms with Crippen LogP contribution < -0.4 is 4.74 Å². The lowest BCUT2D eigenvalue weighted by Gasteiger charge is -2.19. The summed E-state index contributed by atoms with van der Waals surface area (Å²) in [5.74, 6) is 1.29. The summed E-state index contributed by atoms with van der Waals surface area (Å²) in [6.45, 7) is 8.08. The number of carbonyl (C=O) groups excluding carboxylic acids is 1. The van der Waals surface area contributed by atoms with Crippen LogP contribution in [0.1, 0.15) is 37.6 Å². The molecular weight excluding hydrogens is 424 g/mol. The van der Waals surface area contributed by atoms with Gasteiger partial charge in [-0.2, -0.15) is 5.10 Å². The van der Waals surface area contributed by atoms with Gasteiger partial charge >= 0.3 is 5.97 Å². The molecule has 4 aromatic rings. The van der Waals surface area contributed by atoms with E-state index < -0.39 is 5.60 Å². The molecule has 5 nitrogen and oxygen atoms in total. The predicted octanol–water partition coefficient (Wildman–Crippen LogP) is 6.58. The zero-order chi connectivity index (χ0) is 24.1. The van der Waals surface area contributed by atoms with Crippen LogP contribution in [0.2, 0.25) is 0 Å². The molecule has 3 aromatic carbocycles. The molecule has 5 heteroatoms. The lowest BCUT2D eigenvalue weighted by Crippen LogP contribution is -2.25. The van der Waals surface area contributed by atoms with Crippen LogP contribution in [0.5, 0.6) is 11.5 Å². The zero-order valence-electron chi connectivity index (χ0n) is 20.1. The van der Waals surface area contributed by atoms with E-state index in [4.69, 9.17) is 14.6 Å². The van der Waals surface area contributed by atoms with Crippen LogP contribution in [0.25, 0.3) is 11.3 Å². The molecule has 0 aliphatic carbocycles. The van der Waals surface area contributed by atoms with Crippen molar-refractivity contribution < 1.29 is 14.3 Å². The molecule has 0 spiro atoms. The van der Waals surface area contributed by atoms with Crippen molar-refractivity contribution in [3.8, 4) is 22.8 Å². The minimum absolute atomic E-state index is 0.162. The fourth-order valence-corrected chi connectivity index (χ4v) is 3.90. The van der Waals surface area contributed by atoms with Gasteiger partial charge in [0.2, 0.25) is 0 Å². The van der Waals surface area contributed by atoms with Gasteiger partial charge in [-0.05, 0) is 45.9 Å². The van der Waals surface area contributed by atoms with Crippen LogP contribution in [0.15, 0.2) is 84.9 Å². The van der Waals surface area contributed by atoms with Gasteiger partial charge in [0.05, 0.1) is 24.4 Å². The van der Waals surface area contributed by atoms with Crippen LogP contribution in [0.3, 0.4) is 0 Å². The Kier molecular flexibility index (Phi) is 6.82. The Labute approximate surface area is 201 Å². The van der Waals surface area contributed by atoms with Crippen molar-refractivity contribution in [2.45, 2.75) is 46.3 Å². The molecule has 34 heavy (non-hydrogen) atoms. The molecule has 0 N–H and O–H groups in total. The third-order valence-electron chi connectivity index (χ3n) is 5.30. The lowest BCUT2D eigenvalue weighted by atomic mass is 10.0. The Bertz CT molecular complexity index is 1260. The Morgan fingerprint density at radius 2 is 1.50 bits per heavy atom. The molecule has 1 heterocycles. The van der Waals surface area contributed by atoms with Crippen molar-refractivity contribution in [1.29, 1.82) is 0 Å². The van der Waals surface area contributed by atoms with Crippen LogP contribution >= 0.6 is 0 Å². The summed E-state index contributed by atoms with van der Waals surface area (Å²) in [4.78, 5) is 12.7. The van der Waals surface area contributed by atoms with E-state index in [1.54, 1.807) is 0 Å². The van der Waals surface area contributed by atoms with Gasteiger partial charge in [-0.15, -0.1) is 0 Å². The number of aryl methyl sites for hydroxylation is 1. The lowest BCUT2D eigenvalue weighted by molar-refractivity contribution is -0.153. The highest BCUT2D eigenvalue weighted by atomic mass is 16.6. The van der Waals surface area contributed by atoms with Gasteiger partial charge in [0.25, 0.3) is 0 Å². The van der Waals surface area contributed by atoms with Crippen LogP contribution in [-0.2, 0) is 22.5 Å². The van der Waals surface area contributed by atoms with E-state index in [2.05, 4.69) is 0 Å². The summed E-state index contributed by atoms with van der Waals surface area (Å²) in [5, 5.41) is 4.83. The predicted molar refractivity (Wildman–Crippen MR) is 134 cm³/mol. The van der Waals surface area contributed by atoms with Crippen molar-refractivity contribution in [3.63, 3.8) is 0 Å². The Morgan fingerprint density at radius 1 is 0.882 bits per heavy atom. The first kappa shape index (κ1) is 23.3. The zero-order valence-corrected chi connectivity index (χ0v) is 20.1. The molecule has 4 rings (SSSR count). The number of benzene rings is 3. The van der Waals surface area contributed by atoms with Crippen molar-refractivity contribution in [1.82, 2.24) is 9.78 Å². The van der Waals surface area contributed by atoms with Crippen LogP contribution in [-0.4, -0.2) is 21.4 Å². The third kappa shape index (κ3) is 5.73. The maximum Gasteiger partial charge on any atom is 0.310 e. The largest absolute Gasteiger partial charge is 0.460 e. The summed E-state index contributed by atoms with van der Waals surface area (Å²) in [7, 11) is 0. The molecule has 0 atom stereocenters. The second-order valence-corrected chi connectivity index (χ2v) is 9.22. The van der Waals surface area contributed by atoms with Gasteiger partial charge in [0.15, 0.2) is 0 Å². The van der Waals surface area contributed by atoms with Crippen LogP contribution in [0.4, 0.5) is 0 Å². The van der Waals surface area contributed by atoms with E-state index in [-0.39, 0.29) is 12.4 Å². The number of rotatable bonds is 7. The third-order valence-corrected chi connectivity index (χ3v) is 5.30. The molecule has 174 valence electrons.